The van der Waals surface area contributed by atoms with E-state index in [4.69, 9.17) is 15.4 Å². The van der Waals surface area contributed by atoms with Gasteiger partial charge in [-0.1, -0.05) is 6.07 Å². The second kappa shape index (κ2) is 3.83. The minimum absolute atomic E-state index is 0.0552. The van der Waals surface area contributed by atoms with Gasteiger partial charge in [-0.3, -0.25) is 0 Å². The van der Waals surface area contributed by atoms with Crippen molar-refractivity contribution in [2.75, 3.05) is 13.4 Å². The molecule has 1 unspecified atom stereocenters. The first kappa shape index (κ1) is 9.26. The summed E-state index contributed by atoms with van der Waals surface area (Å²) in [6.45, 7) is 0.280. The Labute approximate surface area is 80.9 Å². The van der Waals surface area contributed by atoms with Gasteiger partial charge >= 0.3 is 0 Å². The lowest BCUT2D eigenvalue weighted by molar-refractivity contribution is 0.0358. The third-order valence-corrected chi connectivity index (χ3v) is 2.04. The molecule has 0 fully saturated rings. The normalized spacial score (nSPS) is 15.6. The zero-order valence-corrected chi connectivity index (χ0v) is 7.47. The molecule has 76 valence electrons. The van der Waals surface area contributed by atoms with Gasteiger partial charge in [-0.05, 0) is 17.7 Å². The van der Waals surface area contributed by atoms with Crippen LogP contribution in [0.15, 0.2) is 18.2 Å². The Bertz CT molecular complexity index is 329. The van der Waals surface area contributed by atoms with Gasteiger partial charge in [-0.2, -0.15) is 0 Å². The lowest BCUT2D eigenvalue weighted by atomic mass is 10.1. The summed E-state index contributed by atoms with van der Waals surface area (Å²) >= 11 is 0. The first-order chi connectivity index (χ1) is 6.81. The summed E-state index contributed by atoms with van der Waals surface area (Å²) < 4.78 is 10.3. The van der Waals surface area contributed by atoms with Crippen molar-refractivity contribution in [2.45, 2.75) is 6.10 Å². The maximum atomic E-state index is 9.55. The third kappa shape index (κ3) is 1.65. The number of rotatable bonds is 3. The van der Waals surface area contributed by atoms with Crippen LogP contribution in [-0.2, 0) is 4.84 Å². The molecule has 0 amide bonds. The molecule has 1 heterocycles. The average molecular weight is 197 g/mol. The van der Waals surface area contributed by atoms with Crippen molar-refractivity contribution in [2.24, 2.45) is 5.90 Å². The molecule has 0 saturated heterocycles. The zero-order valence-electron chi connectivity index (χ0n) is 7.47. The molecule has 3 N–H and O–H groups in total. The Hall–Kier alpha value is -1.30. The maximum Gasteiger partial charge on any atom is 0.231 e. The minimum Gasteiger partial charge on any atom is -0.454 e. The molecule has 14 heavy (non-hydrogen) atoms. The van der Waals surface area contributed by atoms with Crippen LogP contribution in [0.4, 0.5) is 0 Å². The highest BCUT2D eigenvalue weighted by atomic mass is 16.7. The highest BCUT2D eigenvalue weighted by Gasteiger charge is 2.16. The van der Waals surface area contributed by atoms with Crippen LogP contribution in [0.25, 0.3) is 0 Å². The molecule has 1 atom stereocenters. The summed E-state index contributed by atoms with van der Waals surface area (Å²) in [4.78, 5) is 4.36. The monoisotopic (exact) mass is 197 g/mol. The van der Waals surface area contributed by atoms with Crippen molar-refractivity contribution < 1.29 is 19.4 Å². The summed E-state index contributed by atoms with van der Waals surface area (Å²) in [6, 6.07) is 5.21. The number of aliphatic hydroxyl groups excluding tert-OH is 1. The van der Waals surface area contributed by atoms with Gasteiger partial charge in [0.2, 0.25) is 6.79 Å². The first-order valence-electron chi connectivity index (χ1n) is 4.20. The fraction of sp³-hybridized carbons (Fsp3) is 0.333. The second-order valence-electron chi connectivity index (χ2n) is 2.96. The molecule has 0 aliphatic carbocycles. The van der Waals surface area contributed by atoms with Crippen molar-refractivity contribution >= 4 is 0 Å². The molecule has 0 bridgehead atoms. The topological polar surface area (TPSA) is 73.9 Å². The summed E-state index contributed by atoms with van der Waals surface area (Å²) in [7, 11) is 0. The van der Waals surface area contributed by atoms with Gasteiger partial charge in [0.25, 0.3) is 0 Å². The van der Waals surface area contributed by atoms with Crippen LogP contribution < -0.4 is 15.4 Å². The molecule has 1 aromatic rings. The van der Waals surface area contributed by atoms with Crippen LogP contribution in [0.2, 0.25) is 0 Å². The fourth-order valence-corrected chi connectivity index (χ4v) is 1.31. The molecule has 2 rings (SSSR count). The van der Waals surface area contributed by atoms with Gasteiger partial charge in [0.05, 0.1) is 6.61 Å². The molecule has 0 spiro atoms. The second-order valence-corrected chi connectivity index (χ2v) is 2.96. The standard InChI is InChI=1S/C9H11NO4/c10-14-4-7(11)6-1-2-8-9(3-6)13-5-12-8/h1-3,7,11H,4-5,10H2. The van der Waals surface area contributed by atoms with Crippen LogP contribution in [0.5, 0.6) is 11.5 Å². The van der Waals surface area contributed by atoms with E-state index in [2.05, 4.69) is 4.84 Å². The largest absolute Gasteiger partial charge is 0.454 e. The molecule has 5 heteroatoms. The van der Waals surface area contributed by atoms with Crippen molar-refractivity contribution in [3.8, 4) is 11.5 Å². The third-order valence-electron chi connectivity index (χ3n) is 2.04. The number of aliphatic hydroxyl groups is 1. The zero-order chi connectivity index (χ0) is 9.97. The van der Waals surface area contributed by atoms with Crippen LogP contribution in [0.3, 0.4) is 0 Å². The van der Waals surface area contributed by atoms with E-state index in [-0.39, 0.29) is 13.4 Å². The SMILES string of the molecule is NOCC(O)c1ccc2c(c1)OCO2. The van der Waals surface area contributed by atoms with Crippen molar-refractivity contribution in [1.82, 2.24) is 0 Å². The van der Waals surface area contributed by atoms with Crippen LogP contribution >= 0.6 is 0 Å². The number of fused-ring (bicyclic) bond motifs is 1. The van der Waals surface area contributed by atoms with Gasteiger partial charge in [0.1, 0.15) is 6.10 Å². The molecular formula is C9H11NO4. The van der Waals surface area contributed by atoms with E-state index in [1.165, 1.54) is 0 Å². The summed E-state index contributed by atoms with van der Waals surface area (Å²) in [5, 5.41) is 9.55. The van der Waals surface area contributed by atoms with E-state index < -0.39 is 6.10 Å². The smallest absolute Gasteiger partial charge is 0.231 e. The number of hydrogen-bond acceptors (Lipinski definition) is 5. The van der Waals surface area contributed by atoms with E-state index in [9.17, 15) is 5.11 Å². The minimum atomic E-state index is -0.741. The first-order valence-corrected chi connectivity index (χ1v) is 4.20. The van der Waals surface area contributed by atoms with Crippen molar-refractivity contribution in [3.05, 3.63) is 23.8 Å². The number of hydrogen-bond donors (Lipinski definition) is 2. The van der Waals surface area contributed by atoms with E-state index in [0.717, 1.165) is 0 Å². The number of benzene rings is 1. The molecule has 0 saturated carbocycles. The lowest BCUT2D eigenvalue weighted by Crippen LogP contribution is -2.10. The molecule has 5 nitrogen and oxygen atoms in total. The molecular weight excluding hydrogens is 186 g/mol. The molecule has 0 aromatic heterocycles. The Balaban J connectivity index is 2.19. The predicted octanol–water partition coefficient (Wildman–Crippen LogP) is 0.339. The van der Waals surface area contributed by atoms with Crippen LogP contribution in [0, 0.1) is 0 Å². The number of ether oxygens (including phenoxy) is 2. The predicted molar refractivity (Wildman–Crippen MR) is 47.7 cm³/mol. The summed E-state index contributed by atoms with van der Waals surface area (Å²) in [6.07, 6.45) is -0.741. The summed E-state index contributed by atoms with van der Waals surface area (Å²) in [5.41, 5.74) is 0.694. The fourth-order valence-electron chi connectivity index (χ4n) is 1.31. The van der Waals surface area contributed by atoms with Gasteiger partial charge in [-0.25, -0.2) is 5.90 Å². The lowest BCUT2D eigenvalue weighted by Gasteiger charge is -2.09. The van der Waals surface area contributed by atoms with Gasteiger partial charge < -0.3 is 19.4 Å². The van der Waals surface area contributed by atoms with Gasteiger partial charge in [-0.15, -0.1) is 0 Å². The Morgan fingerprint density at radius 3 is 3.00 bits per heavy atom. The van der Waals surface area contributed by atoms with E-state index in [0.29, 0.717) is 17.1 Å². The average Bonchev–Trinajstić information content (AvgIpc) is 2.64. The van der Waals surface area contributed by atoms with Gasteiger partial charge in [0, 0.05) is 0 Å². The van der Waals surface area contributed by atoms with E-state index in [1.807, 2.05) is 0 Å². The highest BCUT2D eigenvalue weighted by Crippen LogP contribution is 2.34. The quantitative estimate of drug-likeness (QED) is 0.683. The van der Waals surface area contributed by atoms with Crippen molar-refractivity contribution in [3.63, 3.8) is 0 Å². The van der Waals surface area contributed by atoms with Crippen LogP contribution in [-0.4, -0.2) is 18.5 Å². The maximum absolute atomic E-state index is 9.55. The summed E-state index contributed by atoms with van der Waals surface area (Å²) in [5.74, 6) is 6.19. The van der Waals surface area contributed by atoms with Crippen molar-refractivity contribution in [1.29, 1.82) is 0 Å². The molecule has 0 radical (unpaired) electrons. The van der Waals surface area contributed by atoms with Gasteiger partial charge in [0.15, 0.2) is 11.5 Å². The molecule has 1 aliphatic rings. The Morgan fingerprint density at radius 1 is 1.43 bits per heavy atom. The number of nitrogens with two attached hydrogens (primary N) is 1. The van der Waals surface area contributed by atoms with E-state index in [1.54, 1.807) is 18.2 Å². The highest BCUT2D eigenvalue weighted by molar-refractivity contribution is 5.45. The van der Waals surface area contributed by atoms with Crippen LogP contribution in [0.1, 0.15) is 11.7 Å². The van der Waals surface area contributed by atoms with E-state index >= 15 is 0 Å². The Morgan fingerprint density at radius 2 is 2.21 bits per heavy atom. The Kier molecular flexibility index (Phi) is 2.53. The molecule has 1 aliphatic heterocycles. The molecule has 1 aromatic carbocycles.